The summed E-state index contributed by atoms with van der Waals surface area (Å²) in [5.41, 5.74) is 2.21. The zero-order valence-electron chi connectivity index (χ0n) is 15.0. The van der Waals surface area contributed by atoms with Gasteiger partial charge in [0.15, 0.2) is 0 Å². The minimum Gasteiger partial charge on any atom is -0.341 e. The largest absolute Gasteiger partial charge is 0.341 e. The van der Waals surface area contributed by atoms with Crippen molar-refractivity contribution in [1.29, 1.82) is 0 Å². The Balaban J connectivity index is 1.59. The van der Waals surface area contributed by atoms with Gasteiger partial charge in [0.25, 0.3) is 0 Å². The monoisotopic (exact) mass is 390 g/mol. The molecule has 1 saturated heterocycles. The van der Waals surface area contributed by atoms with Crippen LogP contribution in [0.3, 0.4) is 0 Å². The highest BCUT2D eigenvalue weighted by Crippen LogP contribution is 2.25. The predicted molar refractivity (Wildman–Crippen MR) is 107 cm³/mol. The first-order valence-corrected chi connectivity index (χ1v) is 9.73. The number of benzene rings is 2. The number of hydrogen-bond donors (Lipinski definition) is 0. The second-order valence-corrected chi connectivity index (χ2v) is 7.83. The lowest BCUT2D eigenvalue weighted by molar-refractivity contribution is -0.136. The molecule has 1 atom stereocenters. The fourth-order valence-corrected chi connectivity index (χ4v) is 4.01. The van der Waals surface area contributed by atoms with Crippen LogP contribution in [0.15, 0.2) is 48.5 Å². The Labute approximate surface area is 165 Å². The lowest BCUT2D eigenvalue weighted by Gasteiger charge is -2.34. The highest BCUT2D eigenvalue weighted by atomic mass is 35.5. The van der Waals surface area contributed by atoms with Crippen LogP contribution >= 0.6 is 23.2 Å². The van der Waals surface area contributed by atoms with Gasteiger partial charge in [0, 0.05) is 36.7 Å². The fraction of sp³-hybridized carbons (Fsp3) is 0.381. The zero-order chi connectivity index (χ0) is 18.5. The van der Waals surface area contributed by atoms with E-state index in [1.165, 1.54) is 0 Å². The van der Waals surface area contributed by atoms with Crippen molar-refractivity contribution in [2.75, 3.05) is 20.1 Å². The molecule has 0 bridgehead atoms. The maximum absolute atomic E-state index is 12.9. The third-order valence-electron chi connectivity index (χ3n) is 4.90. The van der Waals surface area contributed by atoms with E-state index in [4.69, 9.17) is 23.2 Å². The first kappa shape index (κ1) is 19.2. The number of hydrogen-bond acceptors (Lipinski definition) is 2. The molecule has 0 aliphatic carbocycles. The maximum Gasteiger partial charge on any atom is 0.227 e. The number of piperidine rings is 1. The van der Waals surface area contributed by atoms with E-state index in [2.05, 4.69) is 17.0 Å². The minimum atomic E-state index is 0.0449. The van der Waals surface area contributed by atoms with Crippen molar-refractivity contribution in [1.82, 2.24) is 9.80 Å². The number of likely N-dealkylation sites (tertiary alicyclic amines) is 1. The summed E-state index contributed by atoms with van der Waals surface area (Å²) in [6.07, 6.45) is 1.98. The van der Waals surface area contributed by atoms with Crippen molar-refractivity contribution in [2.45, 2.75) is 25.9 Å². The van der Waals surface area contributed by atoms with Gasteiger partial charge in [0.1, 0.15) is 0 Å². The smallest absolute Gasteiger partial charge is 0.227 e. The average Bonchev–Trinajstić information content (AvgIpc) is 2.64. The SMILES string of the molecule is CN(Cc1ccccc1)C(=O)C1CCCN(Cc2ccc(Cl)cc2Cl)C1. The van der Waals surface area contributed by atoms with Crippen molar-refractivity contribution in [2.24, 2.45) is 5.92 Å². The molecule has 1 heterocycles. The normalized spacial score (nSPS) is 17.9. The lowest BCUT2D eigenvalue weighted by atomic mass is 9.96. The Morgan fingerprint density at radius 1 is 1.19 bits per heavy atom. The quantitative estimate of drug-likeness (QED) is 0.727. The van der Waals surface area contributed by atoms with Crippen LogP contribution in [0.5, 0.6) is 0 Å². The van der Waals surface area contributed by atoms with Gasteiger partial charge in [0.05, 0.1) is 5.92 Å². The molecule has 3 rings (SSSR count). The van der Waals surface area contributed by atoms with Crippen molar-refractivity contribution in [3.05, 3.63) is 69.7 Å². The van der Waals surface area contributed by atoms with Gasteiger partial charge in [-0.1, -0.05) is 59.6 Å². The molecule has 1 amide bonds. The number of halogens is 2. The van der Waals surface area contributed by atoms with E-state index in [-0.39, 0.29) is 11.8 Å². The van der Waals surface area contributed by atoms with Gasteiger partial charge in [-0.3, -0.25) is 9.69 Å². The van der Waals surface area contributed by atoms with Crippen LogP contribution in [0.25, 0.3) is 0 Å². The Morgan fingerprint density at radius 3 is 2.69 bits per heavy atom. The van der Waals surface area contributed by atoms with Gasteiger partial charge >= 0.3 is 0 Å². The van der Waals surface area contributed by atoms with Gasteiger partial charge in [-0.25, -0.2) is 0 Å². The maximum atomic E-state index is 12.9. The second-order valence-electron chi connectivity index (χ2n) is 6.99. The van der Waals surface area contributed by atoms with Gasteiger partial charge < -0.3 is 4.90 Å². The molecule has 0 radical (unpaired) electrons. The van der Waals surface area contributed by atoms with Crippen LogP contribution in [0, 0.1) is 5.92 Å². The molecule has 1 aliphatic rings. The third-order valence-corrected chi connectivity index (χ3v) is 5.49. The predicted octanol–water partition coefficient (Wildman–Crippen LogP) is 4.86. The number of nitrogens with zero attached hydrogens (tertiary/aromatic N) is 2. The molecular formula is C21H24Cl2N2O. The van der Waals surface area contributed by atoms with E-state index < -0.39 is 0 Å². The summed E-state index contributed by atoms with van der Waals surface area (Å²) < 4.78 is 0. The van der Waals surface area contributed by atoms with Crippen LogP contribution in [0.2, 0.25) is 10.0 Å². The molecule has 26 heavy (non-hydrogen) atoms. The van der Waals surface area contributed by atoms with Gasteiger partial charge in [-0.15, -0.1) is 0 Å². The van der Waals surface area contributed by atoms with E-state index in [1.807, 2.05) is 42.3 Å². The molecule has 1 fully saturated rings. The summed E-state index contributed by atoms with van der Waals surface area (Å²) in [6.45, 7) is 3.17. The molecular weight excluding hydrogens is 367 g/mol. The summed E-state index contributed by atoms with van der Waals surface area (Å²) in [5, 5.41) is 1.33. The molecule has 1 unspecified atom stereocenters. The Hall–Kier alpha value is -1.55. The zero-order valence-corrected chi connectivity index (χ0v) is 16.5. The Bertz CT molecular complexity index is 751. The lowest BCUT2D eigenvalue weighted by Crippen LogP contribution is -2.43. The van der Waals surface area contributed by atoms with Crippen molar-refractivity contribution < 1.29 is 4.79 Å². The summed E-state index contributed by atoms with van der Waals surface area (Å²) in [6, 6.07) is 15.7. The summed E-state index contributed by atoms with van der Waals surface area (Å²) in [4.78, 5) is 17.0. The topological polar surface area (TPSA) is 23.6 Å². The van der Waals surface area contributed by atoms with E-state index in [0.717, 1.165) is 43.6 Å². The van der Waals surface area contributed by atoms with Gasteiger partial charge in [0.2, 0.25) is 5.91 Å². The molecule has 0 spiro atoms. The second kappa shape index (κ2) is 8.90. The van der Waals surface area contributed by atoms with Crippen molar-refractivity contribution in [3.8, 4) is 0 Å². The fourth-order valence-electron chi connectivity index (χ4n) is 3.54. The van der Waals surface area contributed by atoms with Crippen molar-refractivity contribution in [3.63, 3.8) is 0 Å². The molecule has 3 nitrogen and oxygen atoms in total. The molecule has 0 aromatic heterocycles. The van der Waals surface area contributed by atoms with E-state index in [1.54, 1.807) is 6.07 Å². The number of carbonyl (C=O) groups excluding carboxylic acids is 1. The average molecular weight is 391 g/mol. The van der Waals surface area contributed by atoms with Crippen LogP contribution in [-0.2, 0) is 17.9 Å². The molecule has 0 N–H and O–H groups in total. The highest BCUT2D eigenvalue weighted by Gasteiger charge is 2.28. The highest BCUT2D eigenvalue weighted by molar-refractivity contribution is 6.35. The number of rotatable bonds is 5. The van der Waals surface area contributed by atoms with E-state index >= 15 is 0 Å². The molecule has 5 heteroatoms. The number of carbonyl (C=O) groups is 1. The van der Waals surface area contributed by atoms with Crippen LogP contribution in [0.1, 0.15) is 24.0 Å². The van der Waals surface area contributed by atoms with Gasteiger partial charge in [-0.2, -0.15) is 0 Å². The minimum absolute atomic E-state index is 0.0449. The molecule has 2 aromatic rings. The molecule has 0 saturated carbocycles. The van der Waals surface area contributed by atoms with E-state index in [9.17, 15) is 4.79 Å². The molecule has 1 aliphatic heterocycles. The van der Waals surface area contributed by atoms with E-state index in [0.29, 0.717) is 16.6 Å². The first-order chi connectivity index (χ1) is 12.5. The summed E-state index contributed by atoms with van der Waals surface area (Å²) >= 11 is 12.3. The Kier molecular flexibility index (Phi) is 6.58. The molecule has 2 aromatic carbocycles. The van der Waals surface area contributed by atoms with Crippen LogP contribution in [-0.4, -0.2) is 35.8 Å². The van der Waals surface area contributed by atoms with Crippen LogP contribution < -0.4 is 0 Å². The molecule has 138 valence electrons. The summed E-state index contributed by atoms with van der Waals surface area (Å²) in [5.74, 6) is 0.268. The Morgan fingerprint density at radius 2 is 1.96 bits per heavy atom. The van der Waals surface area contributed by atoms with Crippen LogP contribution in [0.4, 0.5) is 0 Å². The van der Waals surface area contributed by atoms with Gasteiger partial charge in [-0.05, 0) is 42.6 Å². The third kappa shape index (κ3) is 5.00. The van der Waals surface area contributed by atoms with Crippen molar-refractivity contribution >= 4 is 29.1 Å². The first-order valence-electron chi connectivity index (χ1n) is 8.98. The number of amides is 1. The standard InChI is InChI=1S/C21H24Cl2N2O/c1-24(13-16-6-3-2-4-7-16)21(26)18-8-5-11-25(15-18)14-17-9-10-19(22)12-20(17)23/h2-4,6-7,9-10,12,18H,5,8,11,13-15H2,1H3. The summed E-state index contributed by atoms with van der Waals surface area (Å²) in [7, 11) is 1.89.